The van der Waals surface area contributed by atoms with E-state index in [0.29, 0.717) is 0 Å². The van der Waals surface area contributed by atoms with Gasteiger partial charge in [0.2, 0.25) is 0 Å². The van der Waals surface area contributed by atoms with E-state index in [9.17, 15) is 9.59 Å². The largest absolute Gasteiger partial charge is 0.417 e. The van der Waals surface area contributed by atoms with Gasteiger partial charge in [0, 0.05) is 12.2 Å². The molecule has 0 bridgehead atoms. The van der Waals surface area contributed by atoms with Crippen LogP contribution in [-0.2, 0) is 19.1 Å². The summed E-state index contributed by atoms with van der Waals surface area (Å²) in [5, 5.41) is 0. The molecule has 84 valence electrons. The maximum absolute atomic E-state index is 10.8. The van der Waals surface area contributed by atoms with Crippen LogP contribution in [0.1, 0.15) is 0 Å². The normalized spacial score (nSPS) is 10.7. The molecule has 0 fully saturated rings. The average molecular weight is 273 g/mol. The summed E-state index contributed by atoms with van der Waals surface area (Å²) in [6, 6.07) is 0. The Kier molecular flexibility index (Phi) is 5.72. The van der Waals surface area contributed by atoms with Crippen LogP contribution in [-0.4, -0.2) is 22.0 Å². The summed E-state index contributed by atoms with van der Waals surface area (Å²) in [4.78, 5) is 21.6. The van der Waals surface area contributed by atoms with Gasteiger partial charge >= 0.3 is 11.9 Å². The summed E-state index contributed by atoms with van der Waals surface area (Å²) in [6.07, 6.45) is 0.0227. The summed E-state index contributed by atoms with van der Waals surface area (Å²) in [7, 11) is 0. The van der Waals surface area contributed by atoms with Crippen molar-refractivity contribution in [1.82, 2.24) is 0 Å². The molecule has 0 unspecified atom stereocenters. The van der Waals surface area contributed by atoms with E-state index >= 15 is 0 Å². The van der Waals surface area contributed by atoms with Crippen molar-refractivity contribution < 1.29 is 19.1 Å². The molecule has 0 aliphatic carbocycles. The number of esters is 2. The third kappa shape index (κ3) is 5.67. The molecule has 0 aliphatic rings. The van der Waals surface area contributed by atoms with Gasteiger partial charge in [-0.15, -0.1) is 0 Å². The Hall–Kier alpha value is -0.710. The summed E-state index contributed by atoms with van der Waals surface area (Å²) >= 11 is 16.2. The Morgan fingerprint density at radius 3 is 1.60 bits per heavy atom. The molecule has 0 N–H and O–H groups in total. The van der Waals surface area contributed by atoms with Crippen molar-refractivity contribution >= 4 is 46.7 Å². The highest BCUT2D eigenvalue weighted by Crippen LogP contribution is 2.33. The fourth-order valence-electron chi connectivity index (χ4n) is 0.465. The highest BCUT2D eigenvalue weighted by molar-refractivity contribution is 6.68. The van der Waals surface area contributed by atoms with Gasteiger partial charge in [0.05, 0.1) is 0 Å². The van der Waals surface area contributed by atoms with Crippen molar-refractivity contribution in [3.8, 4) is 0 Å². The van der Waals surface area contributed by atoms with Gasteiger partial charge in [-0.3, -0.25) is 0 Å². The van der Waals surface area contributed by atoms with Crippen molar-refractivity contribution in [3.05, 3.63) is 25.3 Å². The Morgan fingerprint density at radius 2 is 1.40 bits per heavy atom. The van der Waals surface area contributed by atoms with Gasteiger partial charge in [0.25, 0.3) is 10.1 Å². The fraction of sp³-hybridized carbons (Fsp3) is 0.250. The zero-order valence-electron chi connectivity index (χ0n) is 7.41. The number of carbonyl (C=O) groups excluding carboxylic acids is 2. The second-order valence-electron chi connectivity index (χ2n) is 2.16. The summed E-state index contributed by atoms with van der Waals surface area (Å²) in [5.74, 6) is -1.77. The van der Waals surface area contributed by atoms with Crippen LogP contribution < -0.4 is 0 Å². The molecule has 0 amide bonds. The highest BCUT2D eigenvalue weighted by Gasteiger charge is 2.38. The molecule has 0 saturated heterocycles. The lowest BCUT2D eigenvalue weighted by atomic mass is 10.6. The summed E-state index contributed by atoms with van der Waals surface area (Å²) in [5.41, 5.74) is 0. The second kappa shape index (κ2) is 6.00. The molecule has 0 aromatic rings. The first-order valence-electron chi connectivity index (χ1n) is 3.54. The zero-order valence-corrected chi connectivity index (χ0v) is 9.68. The van der Waals surface area contributed by atoms with Crippen molar-refractivity contribution in [1.29, 1.82) is 0 Å². The van der Waals surface area contributed by atoms with E-state index in [1.165, 1.54) is 0 Å². The van der Waals surface area contributed by atoms with Crippen molar-refractivity contribution in [2.75, 3.05) is 0 Å². The first kappa shape index (κ1) is 14.3. The number of carbonyl (C=O) groups is 2. The van der Waals surface area contributed by atoms with Crippen LogP contribution in [0.2, 0.25) is 0 Å². The monoisotopic (exact) mass is 272 g/mol. The number of hydrogen-bond donors (Lipinski definition) is 0. The number of hydrogen-bond acceptors (Lipinski definition) is 4. The zero-order chi connectivity index (χ0) is 12.1. The van der Waals surface area contributed by atoms with Crippen LogP contribution >= 0.6 is 34.8 Å². The quantitative estimate of drug-likeness (QED) is 0.341. The number of ether oxygens (including phenoxy) is 2. The van der Waals surface area contributed by atoms with Crippen LogP contribution in [0, 0.1) is 0 Å². The number of halogens is 3. The molecule has 0 spiro atoms. The van der Waals surface area contributed by atoms with Gasteiger partial charge in [-0.1, -0.05) is 48.0 Å². The van der Waals surface area contributed by atoms with Crippen LogP contribution in [0.15, 0.2) is 25.3 Å². The Morgan fingerprint density at radius 1 is 1.07 bits per heavy atom. The van der Waals surface area contributed by atoms with Gasteiger partial charge in [-0.05, 0) is 0 Å². The Bertz CT molecular complexity index is 260. The lowest BCUT2D eigenvalue weighted by Crippen LogP contribution is -2.35. The van der Waals surface area contributed by atoms with E-state index in [4.69, 9.17) is 34.8 Å². The van der Waals surface area contributed by atoms with E-state index in [1.54, 1.807) is 0 Å². The Labute approximate surface area is 101 Å². The minimum atomic E-state index is -2.09. The van der Waals surface area contributed by atoms with Crippen LogP contribution in [0.4, 0.5) is 0 Å². The predicted molar refractivity (Wildman–Crippen MR) is 56.7 cm³/mol. The van der Waals surface area contributed by atoms with E-state index in [-0.39, 0.29) is 0 Å². The molecular weight excluding hydrogens is 266 g/mol. The van der Waals surface area contributed by atoms with E-state index in [0.717, 1.165) is 12.2 Å². The third-order valence-corrected chi connectivity index (χ3v) is 1.58. The lowest BCUT2D eigenvalue weighted by molar-refractivity contribution is -0.179. The topological polar surface area (TPSA) is 52.6 Å². The highest BCUT2D eigenvalue weighted by atomic mass is 35.6. The van der Waals surface area contributed by atoms with E-state index in [2.05, 4.69) is 22.6 Å². The molecule has 0 aromatic carbocycles. The molecule has 0 saturated carbocycles. The first-order valence-corrected chi connectivity index (χ1v) is 4.67. The molecule has 0 radical (unpaired) electrons. The third-order valence-electron chi connectivity index (χ3n) is 1.05. The Balaban J connectivity index is 4.59. The molecule has 0 rings (SSSR count). The van der Waals surface area contributed by atoms with Gasteiger partial charge in [-0.25, -0.2) is 9.59 Å². The van der Waals surface area contributed by atoms with Crippen LogP contribution in [0.25, 0.3) is 0 Å². The smallest absolute Gasteiger partial charge is 0.333 e. The maximum Gasteiger partial charge on any atom is 0.333 e. The van der Waals surface area contributed by atoms with Gasteiger partial charge in [0.15, 0.2) is 0 Å². The molecule has 0 aromatic heterocycles. The minimum absolute atomic E-state index is 0.838. The van der Waals surface area contributed by atoms with Gasteiger partial charge < -0.3 is 9.47 Å². The maximum atomic E-state index is 10.8. The van der Waals surface area contributed by atoms with Gasteiger partial charge in [-0.2, -0.15) is 0 Å². The SMILES string of the molecule is C=CC(=O)OC(OC(=O)C=C)C(Cl)(Cl)Cl. The van der Waals surface area contributed by atoms with Crippen molar-refractivity contribution in [3.63, 3.8) is 0 Å². The molecular formula is C8H7Cl3O4. The summed E-state index contributed by atoms with van der Waals surface area (Å²) < 4.78 is 6.90. The molecule has 0 aliphatic heterocycles. The number of alkyl halides is 3. The van der Waals surface area contributed by atoms with E-state index < -0.39 is 22.0 Å². The molecule has 4 nitrogen and oxygen atoms in total. The first-order chi connectivity index (χ1) is 6.81. The number of rotatable bonds is 4. The van der Waals surface area contributed by atoms with Crippen molar-refractivity contribution in [2.24, 2.45) is 0 Å². The molecule has 15 heavy (non-hydrogen) atoms. The summed E-state index contributed by atoms with van der Waals surface area (Å²) in [6.45, 7) is 6.26. The lowest BCUT2D eigenvalue weighted by Gasteiger charge is -2.22. The van der Waals surface area contributed by atoms with Crippen molar-refractivity contribution in [2.45, 2.75) is 10.1 Å². The standard InChI is InChI=1S/C8H7Cl3O4/c1-3-5(12)14-7(8(9,10)11)15-6(13)4-2/h3-4,7H,1-2H2. The van der Waals surface area contributed by atoms with E-state index in [1.807, 2.05) is 0 Å². The van der Waals surface area contributed by atoms with Gasteiger partial charge in [0.1, 0.15) is 0 Å². The molecule has 0 atom stereocenters. The fourth-order valence-corrected chi connectivity index (χ4v) is 0.732. The minimum Gasteiger partial charge on any atom is -0.417 e. The molecule has 7 heteroatoms. The molecule has 0 heterocycles. The van der Waals surface area contributed by atoms with Crippen LogP contribution in [0.3, 0.4) is 0 Å². The van der Waals surface area contributed by atoms with Crippen LogP contribution in [0.5, 0.6) is 0 Å². The predicted octanol–water partition coefficient (Wildman–Crippen LogP) is 2.14. The second-order valence-corrected chi connectivity index (χ2v) is 4.52. The average Bonchev–Trinajstić information content (AvgIpc) is 2.14.